The molecule has 0 aliphatic carbocycles. The Hall–Kier alpha value is -2.36. The van der Waals surface area contributed by atoms with Crippen LogP contribution in [0.4, 0.5) is 0 Å². The van der Waals surface area contributed by atoms with Crippen molar-refractivity contribution in [2.24, 2.45) is 0 Å². The van der Waals surface area contributed by atoms with Crippen LogP contribution in [0.15, 0.2) is 48.7 Å². The van der Waals surface area contributed by atoms with E-state index in [0.717, 1.165) is 23.4 Å². The Bertz CT molecular complexity index is 585. The summed E-state index contributed by atoms with van der Waals surface area (Å²) in [6.45, 7) is 3.21. The van der Waals surface area contributed by atoms with Gasteiger partial charge in [0.2, 0.25) is 5.91 Å². The van der Waals surface area contributed by atoms with E-state index in [0.29, 0.717) is 26.0 Å². The van der Waals surface area contributed by atoms with E-state index < -0.39 is 0 Å². The Morgan fingerprint density at radius 1 is 1.14 bits per heavy atom. The summed E-state index contributed by atoms with van der Waals surface area (Å²) >= 11 is 0. The van der Waals surface area contributed by atoms with Gasteiger partial charge in [-0.05, 0) is 37.1 Å². The first-order valence-corrected chi connectivity index (χ1v) is 7.67. The average Bonchev–Trinajstić information content (AvgIpc) is 2.55. The van der Waals surface area contributed by atoms with E-state index >= 15 is 0 Å². The number of para-hydroxylation sites is 1. The number of ether oxygens (including phenoxy) is 1. The summed E-state index contributed by atoms with van der Waals surface area (Å²) in [5.74, 6) is 0.925. The molecule has 0 aliphatic heterocycles. The minimum atomic E-state index is 0.0576. The van der Waals surface area contributed by atoms with Crippen molar-refractivity contribution in [1.82, 2.24) is 10.3 Å². The van der Waals surface area contributed by atoms with Crippen LogP contribution in [0.25, 0.3) is 0 Å². The SMILES string of the molecule is CCOc1ccccc1CCC(=O)NCCc1ccccn1. The monoisotopic (exact) mass is 298 g/mol. The maximum atomic E-state index is 11.9. The van der Waals surface area contributed by atoms with Crippen LogP contribution in [0.1, 0.15) is 24.6 Å². The van der Waals surface area contributed by atoms with Gasteiger partial charge in [-0.1, -0.05) is 24.3 Å². The van der Waals surface area contributed by atoms with Crippen LogP contribution in [0, 0.1) is 0 Å². The summed E-state index contributed by atoms with van der Waals surface area (Å²) in [6.07, 6.45) is 3.67. The third-order valence-electron chi connectivity index (χ3n) is 3.32. The van der Waals surface area contributed by atoms with E-state index in [9.17, 15) is 4.79 Å². The maximum Gasteiger partial charge on any atom is 0.220 e. The molecule has 22 heavy (non-hydrogen) atoms. The molecule has 1 aromatic heterocycles. The molecule has 2 aromatic rings. The van der Waals surface area contributed by atoms with Crippen molar-refractivity contribution in [3.05, 3.63) is 59.9 Å². The molecular formula is C18H22N2O2. The molecule has 4 heteroatoms. The zero-order valence-electron chi connectivity index (χ0n) is 12.9. The minimum absolute atomic E-state index is 0.0576. The van der Waals surface area contributed by atoms with Crippen LogP contribution >= 0.6 is 0 Å². The zero-order valence-corrected chi connectivity index (χ0v) is 12.9. The smallest absolute Gasteiger partial charge is 0.220 e. The van der Waals surface area contributed by atoms with Gasteiger partial charge in [0.25, 0.3) is 0 Å². The van der Waals surface area contributed by atoms with E-state index in [2.05, 4.69) is 10.3 Å². The number of rotatable bonds is 8. The normalized spacial score (nSPS) is 10.2. The Morgan fingerprint density at radius 2 is 1.95 bits per heavy atom. The fourth-order valence-electron chi connectivity index (χ4n) is 2.22. The predicted octanol–water partition coefficient (Wildman–Crippen LogP) is 2.77. The molecule has 1 aromatic carbocycles. The number of pyridine rings is 1. The van der Waals surface area contributed by atoms with Crippen LogP contribution in [-0.2, 0) is 17.6 Å². The van der Waals surface area contributed by atoms with Crippen LogP contribution in [-0.4, -0.2) is 24.0 Å². The second kappa shape index (κ2) is 8.82. The number of carbonyl (C=O) groups is 1. The average molecular weight is 298 g/mol. The molecule has 0 fully saturated rings. The molecule has 0 bridgehead atoms. The molecule has 116 valence electrons. The Kier molecular flexibility index (Phi) is 6.42. The van der Waals surface area contributed by atoms with Gasteiger partial charge in [0, 0.05) is 31.3 Å². The standard InChI is InChI=1S/C18H22N2O2/c1-2-22-17-9-4-3-7-15(17)10-11-18(21)20-14-12-16-8-5-6-13-19-16/h3-9,13H,2,10-12,14H2,1H3,(H,20,21). The van der Waals surface area contributed by atoms with Crippen molar-refractivity contribution in [1.29, 1.82) is 0 Å². The molecule has 4 nitrogen and oxygen atoms in total. The molecule has 1 amide bonds. The summed E-state index contributed by atoms with van der Waals surface area (Å²) in [4.78, 5) is 16.1. The molecular weight excluding hydrogens is 276 g/mol. The van der Waals surface area contributed by atoms with Crippen molar-refractivity contribution < 1.29 is 9.53 Å². The molecule has 0 unspecified atom stereocenters. The molecule has 0 saturated carbocycles. The minimum Gasteiger partial charge on any atom is -0.494 e. The number of hydrogen-bond donors (Lipinski definition) is 1. The van der Waals surface area contributed by atoms with E-state index in [-0.39, 0.29) is 5.91 Å². The summed E-state index contributed by atoms with van der Waals surface area (Å²) < 4.78 is 5.57. The second-order valence-electron chi connectivity index (χ2n) is 4.96. The molecule has 1 N–H and O–H groups in total. The highest BCUT2D eigenvalue weighted by atomic mass is 16.5. The number of benzene rings is 1. The number of aromatic nitrogens is 1. The molecule has 0 atom stereocenters. The van der Waals surface area contributed by atoms with Gasteiger partial charge in [-0.25, -0.2) is 0 Å². The van der Waals surface area contributed by atoms with Gasteiger partial charge in [-0.15, -0.1) is 0 Å². The van der Waals surface area contributed by atoms with Gasteiger partial charge < -0.3 is 10.1 Å². The number of amides is 1. The lowest BCUT2D eigenvalue weighted by molar-refractivity contribution is -0.121. The largest absolute Gasteiger partial charge is 0.494 e. The first-order chi connectivity index (χ1) is 10.8. The second-order valence-corrected chi connectivity index (χ2v) is 4.96. The highest BCUT2D eigenvalue weighted by Crippen LogP contribution is 2.19. The fourth-order valence-corrected chi connectivity index (χ4v) is 2.22. The molecule has 0 spiro atoms. The number of aryl methyl sites for hydroxylation is 1. The quantitative estimate of drug-likeness (QED) is 0.815. The van der Waals surface area contributed by atoms with Crippen molar-refractivity contribution in [3.8, 4) is 5.75 Å². The lowest BCUT2D eigenvalue weighted by Gasteiger charge is -2.10. The van der Waals surface area contributed by atoms with Gasteiger partial charge in [0.15, 0.2) is 0 Å². The number of nitrogens with one attached hydrogen (secondary N) is 1. The van der Waals surface area contributed by atoms with Crippen molar-refractivity contribution in [2.75, 3.05) is 13.2 Å². The molecule has 1 heterocycles. The topological polar surface area (TPSA) is 51.2 Å². The van der Waals surface area contributed by atoms with Crippen LogP contribution in [0.2, 0.25) is 0 Å². The lowest BCUT2D eigenvalue weighted by atomic mass is 10.1. The third-order valence-corrected chi connectivity index (χ3v) is 3.32. The fraction of sp³-hybridized carbons (Fsp3) is 0.333. The van der Waals surface area contributed by atoms with Crippen LogP contribution in [0.5, 0.6) is 5.75 Å². The maximum absolute atomic E-state index is 11.9. The number of carbonyl (C=O) groups excluding carboxylic acids is 1. The van der Waals surface area contributed by atoms with Crippen LogP contribution < -0.4 is 10.1 Å². The molecule has 0 radical (unpaired) electrons. The van der Waals surface area contributed by atoms with Gasteiger partial charge in [-0.3, -0.25) is 9.78 Å². The first-order valence-electron chi connectivity index (χ1n) is 7.67. The van der Waals surface area contributed by atoms with Gasteiger partial charge in [0.05, 0.1) is 6.61 Å². The summed E-state index contributed by atoms with van der Waals surface area (Å²) in [7, 11) is 0. The van der Waals surface area contributed by atoms with E-state index in [1.165, 1.54) is 0 Å². The van der Waals surface area contributed by atoms with E-state index in [1.807, 2.05) is 49.4 Å². The number of hydrogen-bond acceptors (Lipinski definition) is 3. The van der Waals surface area contributed by atoms with E-state index in [1.54, 1.807) is 6.20 Å². The van der Waals surface area contributed by atoms with Crippen molar-refractivity contribution >= 4 is 5.91 Å². The van der Waals surface area contributed by atoms with E-state index in [4.69, 9.17) is 4.74 Å². The predicted molar refractivity (Wildman–Crippen MR) is 86.9 cm³/mol. The van der Waals surface area contributed by atoms with Crippen molar-refractivity contribution in [2.45, 2.75) is 26.2 Å². The summed E-state index contributed by atoms with van der Waals surface area (Å²) in [5.41, 5.74) is 2.06. The Morgan fingerprint density at radius 3 is 2.73 bits per heavy atom. The Balaban J connectivity index is 1.74. The van der Waals surface area contributed by atoms with Crippen molar-refractivity contribution in [3.63, 3.8) is 0 Å². The summed E-state index contributed by atoms with van der Waals surface area (Å²) in [5, 5.41) is 2.93. The molecule has 0 saturated heterocycles. The van der Waals surface area contributed by atoms with Gasteiger partial charge >= 0.3 is 0 Å². The lowest BCUT2D eigenvalue weighted by Crippen LogP contribution is -2.26. The molecule has 2 rings (SSSR count). The summed E-state index contributed by atoms with van der Waals surface area (Å²) in [6, 6.07) is 13.7. The van der Waals surface area contributed by atoms with Gasteiger partial charge in [0.1, 0.15) is 5.75 Å². The highest BCUT2D eigenvalue weighted by Gasteiger charge is 2.06. The molecule has 0 aliphatic rings. The van der Waals surface area contributed by atoms with Crippen LogP contribution in [0.3, 0.4) is 0 Å². The van der Waals surface area contributed by atoms with Gasteiger partial charge in [-0.2, -0.15) is 0 Å². The zero-order chi connectivity index (χ0) is 15.6. The first kappa shape index (κ1) is 16.0. The third kappa shape index (κ3) is 5.20. The Labute approximate surface area is 131 Å². The highest BCUT2D eigenvalue weighted by molar-refractivity contribution is 5.76. The number of nitrogens with zero attached hydrogens (tertiary/aromatic N) is 1.